The van der Waals surface area contributed by atoms with Gasteiger partial charge < -0.3 is 9.80 Å². The third-order valence-electron chi connectivity index (χ3n) is 5.95. The third kappa shape index (κ3) is 2.69. The molecule has 2 heterocycles. The molecule has 25 heavy (non-hydrogen) atoms. The zero-order valence-electron chi connectivity index (χ0n) is 14.2. The van der Waals surface area contributed by atoms with Gasteiger partial charge in [0, 0.05) is 25.6 Å². The maximum absolute atomic E-state index is 12.6. The Morgan fingerprint density at radius 3 is 2.40 bits per heavy atom. The van der Waals surface area contributed by atoms with Crippen molar-refractivity contribution in [1.29, 1.82) is 0 Å². The third-order valence-corrected chi connectivity index (χ3v) is 5.95. The van der Waals surface area contributed by atoms with Crippen LogP contribution in [-0.2, 0) is 16.1 Å². The highest BCUT2D eigenvalue weighted by Gasteiger charge is 2.54. The fourth-order valence-corrected chi connectivity index (χ4v) is 4.09. The van der Waals surface area contributed by atoms with Crippen LogP contribution in [0.1, 0.15) is 37.7 Å². The lowest BCUT2D eigenvalue weighted by Crippen LogP contribution is -2.57. The molecule has 0 radical (unpaired) electrons. The van der Waals surface area contributed by atoms with Crippen LogP contribution in [0.15, 0.2) is 30.3 Å². The molecular formula is C19H23N3O3. The normalized spacial score (nSPS) is 22.9. The molecule has 2 saturated heterocycles. The molecule has 1 spiro atoms. The first kappa shape index (κ1) is 16.1. The van der Waals surface area contributed by atoms with Crippen LogP contribution in [0, 0.1) is 5.92 Å². The summed E-state index contributed by atoms with van der Waals surface area (Å²) in [6.07, 6.45) is 4.13. The number of nitrogens with one attached hydrogen (secondary N) is 1. The second-order valence-corrected chi connectivity index (χ2v) is 7.32. The van der Waals surface area contributed by atoms with Crippen LogP contribution in [0.5, 0.6) is 0 Å². The van der Waals surface area contributed by atoms with Crippen molar-refractivity contribution in [3.63, 3.8) is 0 Å². The summed E-state index contributed by atoms with van der Waals surface area (Å²) >= 11 is 0. The number of rotatable bonds is 3. The number of nitrogens with zero attached hydrogens (tertiary/aromatic N) is 2. The Morgan fingerprint density at radius 1 is 1.12 bits per heavy atom. The molecule has 132 valence electrons. The average molecular weight is 341 g/mol. The highest BCUT2D eigenvalue weighted by molar-refractivity contribution is 6.07. The number of amides is 4. The predicted molar refractivity (Wildman–Crippen MR) is 91.4 cm³/mol. The molecule has 6 heteroatoms. The van der Waals surface area contributed by atoms with E-state index in [9.17, 15) is 14.4 Å². The molecule has 2 aliphatic heterocycles. The van der Waals surface area contributed by atoms with Crippen molar-refractivity contribution in [2.75, 3.05) is 13.1 Å². The molecular weight excluding hydrogens is 318 g/mol. The Balaban J connectivity index is 1.50. The Morgan fingerprint density at radius 2 is 1.80 bits per heavy atom. The monoisotopic (exact) mass is 341 g/mol. The van der Waals surface area contributed by atoms with E-state index in [1.54, 1.807) is 4.90 Å². The average Bonchev–Trinajstić information content (AvgIpc) is 2.79. The maximum Gasteiger partial charge on any atom is 0.325 e. The number of carbonyl (C=O) groups excluding carboxylic acids is 3. The molecule has 1 aromatic rings. The van der Waals surface area contributed by atoms with E-state index >= 15 is 0 Å². The molecule has 0 atom stereocenters. The minimum atomic E-state index is -0.816. The molecule has 0 unspecified atom stereocenters. The van der Waals surface area contributed by atoms with Crippen LogP contribution in [-0.4, -0.2) is 46.3 Å². The Bertz CT molecular complexity index is 691. The van der Waals surface area contributed by atoms with Crippen LogP contribution in [0.4, 0.5) is 4.79 Å². The van der Waals surface area contributed by atoms with E-state index in [0.717, 1.165) is 24.8 Å². The lowest BCUT2D eigenvalue weighted by atomic mass is 9.82. The van der Waals surface area contributed by atoms with Crippen LogP contribution in [0.2, 0.25) is 0 Å². The molecule has 3 fully saturated rings. The van der Waals surface area contributed by atoms with Crippen LogP contribution >= 0.6 is 0 Å². The highest BCUT2D eigenvalue weighted by Crippen LogP contribution is 2.36. The van der Waals surface area contributed by atoms with E-state index in [1.165, 1.54) is 0 Å². The summed E-state index contributed by atoms with van der Waals surface area (Å²) in [5.74, 6) is 0.179. The largest absolute Gasteiger partial charge is 0.342 e. The van der Waals surface area contributed by atoms with E-state index in [1.807, 2.05) is 35.2 Å². The number of hydrogen-bond donors (Lipinski definition) is 1. The molecule has 0 aromatic heterocycles. The summed E-state index contributed by atoms with van der Waals surface area (Å²) in [5, 5.41) is 2.48. The smallest absolute Gasteiger partial charge is 0.325 e. The van der Waals surface area contributed by atoms with E-state index in [4.69, 9.17) is 0 Å². The van der Waals surface area contributed by atoms with Crippen molar-refractivity contribution in [2.24, 2.45) is 5.92 Å². The zero-order valence-corrected chi connectivity index (χ0v) is 14.2. The summed E-state index contributed by atoms with van der Waals surface area (Å²) in [7, 11) is 0. The van der Waals surface area contributed by atoms with Crippen molar-refractivity contribution in [1.82, 2.24) is 15.1 Å². The Labute approximate surface area is 147 Å². The molecule has 6 nitrogen and oxygen atoms in total. The second-order valence-electron chi connectivity index (χ2n) is 7.32. The molecule has 4 rings (SSSR count). The molecule has 0 bridgehead atoms. The number of likely N-dealkylation sites (tertiary alicyclic amines) is 1. The van der Waals surface area contributed by atoms with Gasteiger partial charge in [0.05, 0.1) is 0 Å². The molecule has 1 saturated carbocycles. The van der Waals surface area contributed by atoms with Gasteiger partial charge in [0.2, 0.25) is 5.91 Å². The fraction of sp³-hybridized carbons (Fsp3) is 0.526. The molecule has 4 amide bonds. The van der Waals surface area contributed by atoms with E-state index < -0.39 is 5.54 Å². The van der Waals surface area contributed by atoms with Crippen LogP contribution in [0.25, 0.3) is 0 Å². The van der Waals surface area contributed by atoms with E-state index in [2.05, 4.69) is 5.32 Å². The minimum absolute atomic E-state index is 0.175. The minimum Gasteiger partial charge on any atom is -0.342 e. The van der Waals surface area contributed by atoms with Gasteiger partial charge in [-0.3, -0.25) is 14.9 Å². The molecule has 1 N–H and O–H groups in total. The first-order chi connectivity index (χ1) is 12.1. The van der Waals surface area contributed by atoms with Gasteiger partial charge in [0.1, 0.15) is 5.54 Å². The number of urea groups is 1. The van der Waals surface area contributed by atoms with E-state index in [0.29, 0.717) is 32.5 Å². The first-order valence-electron chi connectivity index (χ1n) is 9.06. The van der Waals surface area contributed by atoms with E-state index in [-0.39, 0.29) is 23.8 Å². The second kappa shape index (κ2) is 6.17. The van der Waals surface area contributed by atoms with Crippen molar-refractivity contribution in [3.05, 3.63) is 35.9 Å². The predicted octanol–water partition coefficient (Wildman–Crippen LogP) is 1.90. The van der Waals surface area contributed by atoms with Crippen molar-refractivity contribution in [2.45, 2.75) is 44.2 Å². The summed E-state index contributed by atoms with van der Waals surface area (Å²) in [6, 6.07) is 9.37. The number of hydrogen-bond acceptors (Lipinski definition) is 3. The Hall–Kier alpha value is -2.37. The van der Waals surface area contributed by atoms with Gasteiger partial charge in [-0.25, -0.2) is 4.79 Å². The van der Waals surface area contributed by atoms with Gasteiger partial charge in [0.15, 0.2) is 0 Å². The SMILES string of the molecule is O=C(C1CCC1)N1CCC2(CC1)C(=O)NC(=O)N2Cc1ccccc1. The van der Waals surface area contributed by atoms with Gasteiger partial charge >= 0.3 is 6.03 Å². The number of carbonyl (C=O) groups is 3. The lowest BCUT2D eigenvalue weighted by Gasteiger charge is -2.43. The standard InChI is InChI=1S/C19H23N3O3/c23-16(15-7-4-8-15)21-11-9-19(10-12-21)17(24)20-18(25)22(19)13-14-5-2-1-3-6-14/h1-3,5-6,15H,4,7-13H2,(H,20,24,25). The van der Waals surface area contributed by atoms with Gasteiger partial charge in [-0.05, 0) is 31.2 Å². The summed E-state index contributed by atoms with van der Waals surface area (Å²) in [6.45, 7) is 1.50. The lowest BCUT2D eigenvalue weighted by molar-refractivity contribution is -0.143. The zero-order chi connectivity index (χ0) is 17.4. The Kier molecular flexibility index (Phi) is 3.98. The summed E-state index contributed by atoms with van der Waals surface area (Å²) < 4.78 is 0. The van der Waals surface area contributed by atoms with Gasteiger partial charge in [0.25, 0.3) is 5.91 Å². The van der Waals surface area contributed by atoms with Crippen molar-refractivity contribution >= 4 is 17.8 Å². The number of imide groups is 1. The van der Waals surface area contributed by atoms with Crippen LogP contribution in [0.3, 0.4) is 0 Å². The molecule has 3 aliphatic rings. The quantitative estimate of drug-likeness (QED) is 0.854. The highest BCUT2D eigenvalue weighted by atomic mass is 16.2. The summed E-state index contributed by atoms with van der Waals surface area (Å²) in [5.41, 5.74) is 0.184. The molecule has 1 aliphatic carbocycles. The fourth-order valence-electron chi connectivity index (χ4n) is 4.09. The molecule has 1 aromatic carbocycles. The van der Waals surface area contributed by atoms with Crippen LogP contribution < -0.4 is 5.32 Å². The maximum atomic E-state index is 12.6. The van der Waals surface area contributed by atoms with Gasteiger partial charge in [-0.2, -0.15) is 0 Å². The topological polar surface area (TPSA) is 69.7 Å². The number of benzene rings is 1. The van der Waals surface area contributed by atoms with Gasteiger partial charge in [-0.15, -0.1) is 0 Å². The van der Waals surface area contributed by atoms with Crippen molar-refractivity contribution in [3.8, 4) is 0 Å². The summed E-state index contributed by atoms with van der Waals surface area (Å²) in [4.78, 5) is 40.9. The van der Waals surface area contributed by atoms with Crippen molar-refractivity contribution < 1.29 is 14.4 Å². The first-order valence-corrected chi connectivity index (χ1v) is 9.06. The van der Waals surface area contributed by atoms with Gasteiger partial charge in [-0.1, -0.05) is 36.8 Å². The number of piperidine rings is 1.